The van der Waals surface area contributed by atoms with Gasteiger partial charge in [-0.3, -0.25) is 10.1 Å². The molecule has 0 amide bonds. The largest absolute Gasteiger partial charge is 0.369 e. The summed E-state index contributed by atoms with van der Waals surface area (Å²) in [4.78, 5) is 13.0. The molecule has 2 fully saturated rings. The van der Waals surface area contributed by atoms with E-state index in [0.717, 1.165) is 30.8 Å². The summed E-state index contributed by atoms with van der Waals surface area (Å²) in [6.45, 7) is 3.79. The zero-order valence-electron chi connectivity index (χ0n) is 11.1. The SMILES string of the molecule is Cc1c(N2CCC3CCC(C2)N3)cccc1[N+](=O)[O-]. The van der Waals surface area contributed by atoms with E-state index in [1.807, 2.05) is 13.0 Å². The van der Waals surface area contributed by atoms with Gasteiger partial charge in [0.25, 0.3) is 5.69 Å². The second kappa shape index (κ2) is 4.81. The Hall–Kier alpha value is -1.62. The molecule has 5 heteroatoms. The minimum Gasteiger partial charge on any atom is -0.369 e. The topological polar surface area (TPSA) is 58.4 Å². The third-order valence-corrected chi connectivity index (χ3v) is 4.34. The number of nitro groups is 1. The standard InChI is InChI=1S/C14H19N3O2/c1-10-13(3-2-4-14(10)17(18)19)16-8-7-11-5-6-12(9-16)15-11/h2-4,11-12,15H,5-9H2,1H3. The van der Waals surface area contributed by atoms with E-state index in [9.17, 15) is 10.1 Å². The fourth-order valence-corrected chi connectivity index (χ4v) is 3.31. The second-order valence-electron chi connectivity index (χ2n) is 5.55. The first kappa shape index (κ1) is 12.4. The minimum absolute atomic E-state index is 0.222. The molecule has 2 atom stereocenters. The van der Waals surface area contributed by atoms with Crippen LogP contribution in [-0.4, -0.2) is 30.1 Å². The van der Waals surface area contributed by atoms with E-state index in [0.29, 0.717) is 12.1 Å². The number of nitrogens with one attached hydrogen (secondary N) is 1. The van der Waals surface area contributed by atoms with Gasteiger partial charge in [0.1, 0.15) is 0 Å². The first-order chi connectivity index (χ1) is 9.15. The number of benzene rings is 1. The molecule has 0 radical (unpaired) electrons. The lowest BCUT2D eigenvalue weighted by Crippen LogP contribution is -2.35. The van der Waals surface area contributed by atoms with Crippen LogP contribution >= 0.6 is 0 Å². The van der Waals surface area contributed by atoms with Crippen molar-refractivity contribution in [2.75, 3.05) is 18.0 Å². The zero-order chi connectivity index (χ0) is 13.4. The smallest absolute Gasteiger partial charge is 0.274 e. The van der Waals surface area contributed by atoms with Crippen LogP contribution in [0.3, 0.4) is 0 Å². The van der Waals surface area contributed by atoms with Gasteiger partial charge in [-0.15, -0.1) is 0 Å². The molecule has 19 heavy (non-hydrogen) atoms. The van der Waals surface area contributed by atoms with E-state index in [2.05, 4.69) is 10.2 Å². The summed E-state index contributed by atoms with van der Waals surface area (Å²) in [5.41, 5.74) is 2.02. The van der Waals surface area contributed by atoms with Crippen molar-refractivity contribution in [3.63, 3.8) is 0 Å². The molecule has 1 aromatic carbocycles. The first-order valence-corrected chi connectivity index (χ1v) is 6.90. The van der Waals surface area contributed by atoms with Crippen molar-refractivity contribution in [1.29, 1.82) is 0 Å². The highest BCUT2D eigenvalue weighted by atomic mass is 16.6. The molecule has 3 rings (SSSR count). The highest BCUT2D eigenvalue weighted by Crippen LogP contribution is 2.31. The number of hydrogen-bond acceptors (Lipinski definition) is 4. The van der Waals surface area contributed by atoms with Crippen molar-refractivity contribution < 1.29 is 4.92 Å². The number of hydrogen-bond donors (Lipinski definition) is 1. The van der Waals surface area contributed by atoms with E-state index < -0.39 is 0 Å². The molecule has 0 aromatic heterocycles. The van der Waals surface area contributed by atoms with Gasteiger partial charge in [-0.05, 0) is 32.3 Å². The molecule has 102 valence electrons. The highest BCUT2D eigenvalue weighted by Gasteiger charge is 2.30. The summed E-state index contributed by atoms with van der Waals surface area (Å²) in [6.07, 6.45) is 3.61. The van der Waals surface area contributed by atoms with Crippen molar-refractivity contribution >= 4 is 11.4 Å². The monoisotopic (exact) mass is 261 g/mol. The Bertz CT molecular complexity index is 503. The fraction of sp³-hybridized carbons (Fsp3) is 0.571. The van der Waals surface area contributed by atoms with Crippen molar-refractivity contribution in [3.05, 3.63) is 33.9 Å². The molecule has 0 saturated carbocycles. The molecule has 5 nitrogen and oxygen atoms in total. The number of rotatable bonds is 2. The molecule has 2 heterocycles. The predicted octanol–water partition coefficient (Wildman–Crippen LogP) is 2.23. The average molecular weight is 261 g/mol. The molecule has 0 aliphatic carbocycles. The third kappa shape index (κ3) is 2.30. The van der Waals surface area contributed by atoms with E-state index in [4.69, 9.17) is 0 Å². The van der Waals surface area contributed by atoms with E-state index in [-0.39, 0.29) is 10.6 Å². The molecule has 2 saturated heterocycles. The predicted molar refractivity (Wildman–Crippen MR) is 74.6 cm³/mol. The van der Waals surface area contributed by atoms with Crippen molar-refractivity contribution in [2.24, 2.45) is 0 Å². The van der Waals surface area contributed by atoms with Gasteiger partial charge in [-0.2, -0.15) is 0 Å². The number of anilines is 1. The quantitative estimate of drug-likeness (QED) is 0.655. The molecular formula is C14H19N3O2. The van der Waals surface area contributed by atoms with Crippen LogP contribution in [0.15, 0.2) is 18.2 Å². The number of fused-ring (bicyclic) bond motifs is 2. The van der Waals surface area contributed by atoms with Crippen LogP contribution in [0, 0.1) is 17.0 Å². The van der Waals surface area contributed by atoms with Crippen LogP contribution in [0.1, 0.15) is 24.8 Å². The van der Waals surface area contributed by atoms with Crippen LogP contribution in [-0.2, 0) is 0 Å². The molecule has 2 aliphatic rings. The third-order valence-electron chi connectivity index (χ3n) is 4.34. The maximum Gasteiger partial charge on any atom is 0.274 e. The Kier molecular flexibility index (Phi) is 3.14. The normalized spacial score (nSPS) is 26.3. The maximum atomic E-state index is 11.0. The van der Waals surface area contributed by atoms with Gasteiger partial charge >= 0.3 is 0 Å². The lowest BCUT2D eigenvalue weighted by atomic mass is 10.1. The average Bonchev–Trinajstić information content (AvgIpc) is 2.70. The molecule has 0 spiro atoms. The lowest BCUT2D eigenvalue weighted by Gasteiger charge is -2.27. The van der Waals surface area contributed by atoms with Gasteiger partial charge in [0.15, 0.2) is 0 Å². The molecule has 2 aliphatic heterocycles. The molecule has 2 unspecified atom stereocenters. The van der Waals surface area contributed by atoms with Crippen LogP contribution in [0.4, 0.5) is 11.4 Å². The van der Waals surface area contributed by atoms with E-state index in [1.165, 1.54) is 12.8 Å². The van der Waals surface area contributed by atoms with Gasteiger partial charge in [-0.25, -0.2) is 0 Å². The van der Waals surface area contributed by atoms with Gasteiger partial charge in [-0.1, -0.05) is 6.07 Å². The minimum atomic E-state index is -0.291. The van der Waals surface area contributed by atoms with Crippen molar-refractivity contribution in [3.8, 4) is 0 Å². The van der Waals surface area contributed by atoms with Crippen LogP contribution in [0.2, 0.25) is 0 Å². The summed E-state index contributed by atoms with van der Waals surface area (Å²) < 4.78 is 0. The summed E-state index contributed by atoms with van der Waals surface area (Å²) in [5.74, 6) is 0. The van der Waals surface area contributed by atoms with Crippen LogP contribution < -0.4 is 10.2 Å². The van der Waals surface area contributed by atoms with Gasteiger partial charge in [0.05, 0.1) is 10.5 Å². The fourth-order valence-electron chi connectivity index (χ4n) is 3.31. The Morgan fingerprint density at radius 1 is 1.32 bits per heavy atom. The summed E-state index contributed by atoms with van der Waals surface area (Å²) in [5, 5.41) is 14.7. The number of nitrogens with zero attached hydrogens (tertiary/aromatic N) is 2. The van der Waals surface area contributed by atoms with E-state index >= 15 is 0 Å². The first-order valence-electron chi connectivity index (χ1n) is 6.90. The molecule has 1 N–H and O–H groups in total. The van der Waals surface area contributed by atoms with Crippen LogP contribution in [0.25, 0.3) is 0 Å². The summed E-state index contributed by atoms with van der Waals surface area (Å²) >= 11 is 0. The van der Waals surface area contributed by atoms with Crippen molar-refractivity contribution in [2.45, 2.75) is 38.3 Å². The Morgan fingerprint density at radius 2 is 2.11 bits per heavy atom. The Morgan fingerprint density at radius 3 is 2.89 bits per heavy atom. The lowest BCUT2D eigenvalue weighted by molar-refractivity contribution is -0.385. The number of nitro benzene ring substituents is 1. The van der Waals surface area contributed by atoms with Crippen molar-refractivity contribution in [1.82, 2.24) is 5.32 Å². The highest BCUT2D eigenvalue weighted by molar-refractivity contribution is 5.61. The molecule has 1 aromatic rings. The zero-order valence-corrected chi connectivity index (χ0v) is 11.1. The van der Waals surface area contributed by atoms with E-state index in [1.54, 1.807) is 12.1 Å². The molecular weight excluding hydrogens is 242 g/mol. The maximum absolute atomic E-state index is 11.0. The molecule has 2 bridgehead atoms. The Balaban J connectivity index is 1.89. The summed E-state index contributed by atoms with van der Waals surface area (Å²) in [6, 6.07) is 6.54. The Labute approximate surface area is 112 Å². The summed E-state index contributed by atoms with van der Waals surface area (Å²) in [7, 11) is 0. The van der Waals surface area contributed by atoms with Gasteiger partial charge < -0.3 is 10.2 Å². The second-order valence-corrected chi connectivity index (χ2v) is 5.55. The van der Waals surface area contributed by atoms with Gasteiger partial charge in [0, 0.05) is 36.9 Å². The van der Waals surface area contributed by atoms with Gasteiger partial charge in [0.2, 0.25) is 0 Å². The van der Waals surface area contributed by atoms with Crippen LogP contribution in [0.5, 0.6) is 0 Å².